The van der Waals surface area contributed by atoms with Crippen molar-refractivity contribution in [2.45, 2.75) is 44.6 Å². The number of anilines is 2. The molecule has 8 nitrogen and oxygen atoms in total. The van der Waals surface area contributed by atoms with E-state index in [9.17, 15) is 0 Å². The molecule has 0 aliphatic carbocycles. The van der Waals surface area contributed by atoms with Gasteiger partial charge in [0.05, 0.1) is 0 Å². The molecule has 2 aliphatic heterocycles. The zero-order valence-corrected chi connectivity index (χ0v) is 13.2. The third kappa shape index (κ3) is 3.21. The summed E-state index contributed by atoms with van der Waals surface area (Å²) in [4.78, 5) is 11.6. The Hall–Kier alpha value is -1.96. The van der Waals surface area contributed by atoms with Crippen LogP contribution in [0.4, 0.5) is 11.6 Å². The van der Waals surface area contributed by atoms with Gasteiger partial charge in [0, 0.05) is 32.3 Å². The van der Waals surface area contributed by atoms with Crippen LogP contribution in [0.5, 0.6) is 0 Å². The first-order chi connectivity index (χ1) is 11.4. The Kier molecular flexibility index (Phi) is 4.23. The number of aromatic nitrogens is 4. The Bertz CT molecular complexity index is 646. The predicted octanol–water partition coefficient (Wildman–Crippen LogP) is 1.98. The molecule has 23 heavy (non-hydrogen) atoms. The maximum atomic E-state index is 5.43. The molecule has 2 aliphatic rings. The molecule has 0 bridgehead atoms. The lowest BCUT2D eigenvalue weighted by atomic mass is 10.1. The minimum atomic E-state index is 0.362. The zero-order valence-electron chi connectivity index (χ0n) is 13.2. The summed E-state index contributed by atoms with van der Waals surface area (Å²) in [5.41, 5.74) is 0.930. The van der Waals surface area contributed by atoms with Crippen molar-refractivity contribution in [2.75, 3.05) is 36.5 Å². The maximum absolute atomic E-state index is 5.43. The topological polar surface area (TPSA) is 89.2 Å². The monoisotopic (exact) mass is 318 g/mol. The van der Waals surface area contributed by atoms with Gasteiger partial charge in [-0.1, -0.05) is 12.8 Å². The normalized spacial score (nSPS) is 20.6. The van der Waals surface area contributed by atoms with Gasteiger partial charge in [-0.15, -0.1) is 0 Å². The first-order valence-corrected chi connectivity index (χ1v) is 8.50. The minimum Gasteiger partial charge on any atom is -0.381 e. The SMILES string of the molecule is C1CCCN(c2nc3nonc3nc2NC2CCOCC2)CC1. The molecule has 124 valence electrons. The smallest absolute Gasteiger partial charge is 0.245 e. The third-order valence-corrected chi connectivity index (χ3v) is 4.56. The summed E-state index contributed by atoms with van der Waals surface area (Å²) in [6, 6.07) is 0.362. The average molecular weight is 318 g/mol. The standard InChI is InChI=1S/C15H22N6O2/c1-2-4-8-21(7-3-1)15-14(16-11-5-9-22-10-6-11)17-12-13(18-15)20-23-19-12/h11H,1-10H2,(H,16,17,19). The van der Waals surface area contributed by atoms with Gasteiger partial charge >= 0.3 is 0 Å². The molecule has 2 aromatic heterocycles. The summed E-state index contributed by atoms with van der Waals surface area (Å²) >= 11 is 0. The highest BCUT2D eigenvalue weighted by atomic mass is 16.6. The first kappa shape index (κ1) is 14.6. The van der Waals surface area contributed by atoms with Gasteiger partial charge in [-0.3, -0.25) is 0 Å². The van der Waals surface area contributed by atoms with E-state index in [2.05, 4.69) is 30.5 Å². The van der Waals surface area contributed by atoms with Gasteiger partial charge in [0.1, 0.15) is 0 Å². The molecule has 0 unspecified atom stereocenters. The van der Waals surface area contributed by atoms with Gasteiger partial charge in [-0.2, -0.15) is 0 Å². The highest BCUT2D eigenvalue weighted by Gasteiger charge is 2.22. The molecular formula is C15H22N6O2. The number of ether oxygens (including phenoxy) is 1. The number of fused-ring (bicyclic) bond motifs is 1. The van der Waals surface area contributed by atoms with E-state index in [1.807, 2.05) is 0 Å². The number of hydrogen-bond acceptors (Lipinski definition) is 8. The van der Waals surface area contributed by atoms with E-state index in [4.69, 9.17) is 9.37 Å². The third-order valence-electron chi connectivity index (χ3n) is 4.56. The van der Waals surface area contributed by atoms with Gasteiger partial charge in [0.2, 0.25) is 11.3 Å². The van der Waals surface area contributed by atoms with E-state index in [0.717, 1.165) is 50.8 Å². The van der Waals surface area contributed by atoms with Crippen molar-refractivity contribution in [3.05, 3.63) is 0 Å². The Labute approximate surface area is 134 Å². The molecule has 0 amide bonds. The Morgan fingerprint density at radius 2 is 1.61 bits per heavy atom. The van der Waals surface area contributed by atoms with Gasteiger partial charge < -0.3 is 15.0 Å². The van der Waals surface area contributed by atoms with Crippen LogP contribution in [-0.4, -0.2) is 52.6 Å². The lowest BCUT2D eigenvalue weighted by Crippen LogP contribution is -2.31. The second-order valence-corrected chi connectivity index (χ2v) is 6.24. The fourth-order valence-corrected chi connectivity index (χ4v) is 3.26. The van der Waals surface area contributed by atoms with Crippen LogP contribution in [0, 0.1) is 0 Å². The quantitative estimate of drug-likeness (QED) is 0.919. The number of nitrogens with one attached hydrogen (secondary N) is 1. The summed E-state index contributed by atoms with van der Waals surface area (Å²) in [7, 11) is 0. The Morgan fingerprint density at radius 3 is 2.35 bits per heavy atom. The van der Waals surface area contributed by atoms with Crippen LogP contribution in [0.2, 0.25) is 0 Å². The predicted molar refractivity (Wildman–Crippen MR) is 85.5 cm³/mol. The van der Waals surface area contributed by atoms with E-state index < -0.39 is 0 Å². The van der Waals surface area contributed by atoms with Crippen LogP contribution in [0.3, 0.4) is 0 Å². The molecule has 8 heteroatoms. The Balaban J connectivity index is 1.65. The molecule has 2 fully saturated rings. The fraction of sp³-hybridized carbons (Fsp3) is 0.733. The van der Waals surface area contributed by atoms with Crippen molar-refractivity contribution in [3.8, 4) is 0 Å². The molecule has 0 atom stereocenters. The zero-order chi connectivity index (χ0) is 15.5. The van der Waals surface area contributed by atoms with Gasteiger partial charge in [-0.25, -0.2) is 14.6 Å². The van der Waals surface area contributed by atoms with Crippen LogP contribution in [-0.2, 0) is 4.74 Å². The lowest BCUT2D eigenvalue weighted by Gasteiger charge is -2.27. The molecule has 0 aromatic carbocycles. The van der Waals surface area contributed by atoms with Crippen molar-refractivity contribution in [1.29, 1.82) is 0 Å². The molecular weight excluding hydrogens is 296 g/mol. The van der Waals surface area contributed by atoms with Crippen LogP contribution >= 0.6 is 0 Å². The summed E-state index contributed by atoms with van der Waals surface area (Å²) < 4.78 is 10.2. The van der Waals surface area contributed by atoms with Gasteiger partial charge in [-0.05, 0) is 36.0 Å². The van der Waals surface area contributed by atoms with E-state index >= 15 is 0 Å². The van der Waals surface area contributed by atoms with Crippen molar-refractivity contribution in [3.63, 3.8) is 0 Å². The second-order valence-electron chi connectivity index (χ2n) is 6.24. The van der Waals surface area contributed by atoms with Gasteiger partial charge in [0.25, 0.3) is 0 Å². The molecule has 4 heterocycles. The van der Waals surface area contributed by atoms with E-state index in [1.165, 1.54) is 25.7 Å². The molecule has 0 radical (unpaired) electrons. The summed E-state index contributed by atoms with van der Waals surface area (Å²) in [5.74, 6) is 1.67. The van der Waals surface area contributed by atoms with Crippen LogP contribution in [0.25, 0.3) is 11.3 Å². The molecule has 1 N–H and O–H groups in total. The molecule has 0 saturated carbocycles. The molecule has 2 saturated heterocycles. The van der Waals surface area contributed by atoms with Crippen molar-refractivity contribution in [2.24, 2.45) is 0 Å². The first-order valence-electron chi connectivity index (χ1n) is 8.50. The summed E-state index contributed by atoms with van der Waals surface area (Å²) in [6.07, 6.45) is 6.90. The lowest BCUT2D eigenvalue weighted by molar-refractivity contribution is 0.0904. The van der Waals surface area contributed by atoms with Crippen molar-refractivity contribution < 1.29 is 9.37 Å². The molecule has 2 aromatic rings. The molecule has 0 spiro atoms. The highest BCUT2D eigenvalue weighted by molar-refractivity contribution is 5.74. The summed E-state index contributed by atoms with van der Waals surface area (Å²) in [6.45, 7) is 3.59. The Morgan fingerprint density at radius 1 is 0.913 bits per heavy atom. The number of hydrogen-bond donors (Lipinski definition) is 1. The van der Waals surface area contributed by atoms with E-state index in [1.54, 1.807) is 0 Å². The molecule has 4 rings (SSSR count). The second kappa shape index (κ2) is 6.66. The van der Waals surface area contributed by atoms with E-state index in [0.29, 0.717) is 17.3 Å². The maximum Gasteiger partial charge on any atom is 0.245 e. The fourth-order valence-electron chi connectivity index (χ4n) is 3.26. The minimum absolute atomic E-state index is 0.362. The van der Waals surface area contributed by atoms with E-state index in [-0.39, 0.29) is 0 Å². The average Bonchev–Trinajstić information content (AvgIpc) is 2.87. The van der Waals surface area contributed by atoms with Crippen LogP contribution in [0.15, 0.2) is 4.63 Å². The number of nitrogens with zero attached hydrogens (tertiary/aromatic N) is 5. The summed E-state index contributed by atoms with van der Waals surface area (Å²) in [5, 5.41) is 11.2. The van der Waals surface area contributed by atoms with Crippen LogP contribution in [0.1, 0.15) is 38.5 Å². The highest BCUT2D eigenvalue weighted by Crippen LogP contribution is 2.27. The van der Waals surface area contributed by atoms with Crippen LogP contribution < -0.4 is 10.2 Å². The largest absolute Gasteiger partial charge is 0.381 e. The van der Waals surface area contributed by atoms with Gasteiger partial charge in [0.15, 0.2) is 11.6 Å². The van der Waals surface area contributed by atoms with Crippen molar-refractivity contribution >= 4 is 22.9 Å². The number of rotatable bonds is 3. The van der Waals surface area contributed by atoms with Crippen molar-refractivity contribution in [1.82, 2.24) is 20.3 Å².